The molecule has 96 valence electrons. The third-order valence-corrected chi connectivity index (χ3v) is 4.09. The summed E-state index contributed by atoms with van der Waals surface area (Å²) in [4.78, 5) is 4.87. The molecule has 2 fully saturated rings. The van der Waals surface area contributed by atoms with Crippen LogP contribution in [0.2, 0.25) is 0 Å². The zero-order valence-electron chi connectivity index (χ0n) is 11.0. The second kappa shape index (κ2) is 5.34. The lowest BCUT2D eigenvalue weighted by Crippen LogP contribution is -2.56. The highest BCUT2D eigenvalue weighted by Crippen LogP contribution is 2.20. The van der Waals surface area contributed by atoms with Crippen LogP contribution >= 0.6 is 0 Å². The van der Waals surface area contributed by atoms with E-state index in [1.165, 1.54) is 12.8 Å². The summed E-state index contributed by atoms with van der Waals surface area (Å²) in [7, 11) is 0. The van der Waals surface area contributed by atoms with Crippen LogP contribution in [0.1, 0.15) is 26.7 Å². The fourth-order valence-corrected chi connectivity index (χ4v) is 2.77. The monoisotopic (exact) mass is 237 g/mol. The van der Waals surface area contributed by atoms with Crippen LogP contribution in [0, 0.1) is 11.3 Å². The summed E-state index contributed by atoms with van der Waals surface area (Å²) in [5.74, 6) is 0. The van der Waals surface area contributed by atoms with Gasteiger partial charge in [0.25, 0.3) is 0 Å². The van der Waals surface area contributed by atoms with Crippen LogP contribution in [-0.4, -0.2) is 60.8 Å². The average molecular weight is 237 g/mol. The van der Waals surface area contributed by atoms with Gasteiger partial charge in [0.1, 0.15) is 5.54 Å². The Bertz CT molecular complexity index is 284. The molecule has 2 aliphatic rings. The molecule has 0 atom stereocenters. The summed E-state index contributed by atoms with van der Waals surface area (Å²) in [6, 6.07) is 3.10. The van der Waals surface area contributed by atoms with Crippen LogP contribution in [0.25, 0.3) is 0 Å². The van der Waals surface area contributed by atoms with E-state index >= 15 is 0 Å². The Morgan fingerprint density at radius 2 is 1.71 bits per heavy atom. The predicted molar refractivity (Wildman–Crippen MR) is 66.7 cm³/mol. The van der Waals surface area contributed by atoms with E-state index in [4.69, 9.17) is 10.00 Å². The molecule has 0 aromatic rings. The van der Waals surface area contributed by atoms with Crippen molar-refractivity contribution in [2.45, 2.75) is 38.3 Å². The van der Waals surface area contributed by atoms with Gasteiger partial charge in [0, 0.05) is 45.4 Å². The minimum atomic E-state index is -0.318. The minimum Gasteiger partial charge on any atom is -0.381 e. The van der Waals surface area contributed by atoms with Crippen LogP contribution in [0.15, 0.2) is 0 Å². The van der Waals surface area contributed by atoms with E-state index in [1.807, 2.05) is 13.8 Å². The molecule has 0 aromatic carbocycles. The van der Waals surface area contributed by atoms with Gasteiger partial charge in [-0.15, -0.1) is 0 Å². The maximum absolute atomic E-state index is 9.14. The third-order valence-electron chi connectivity index (χ3n) is 4.09. The maximum atomic E-state index is 9.14. The van der Waals surface area contributed by atoms with Gasteiger partial charge in [0.2, 0.25) is 0 Å². The van der Waals surface area contributed by atoms with Crippen LogP contribution < -0.4 is 0 Å². The predicted octanol–water partition coefficient (Wildman–Crippen LogP) is 1.09. The van der Waals surface area contributed by atoms with E-state index in [-0.39, 0.29) is 5.54 Å². The molecule has 4 heteroatoms. The average Bonchev–Trinajstić information content (AvgIpc) is 2.40. The highest BCUT2D eigenvalue weighted by Gasteiger charge is 2.32. The van der Waals surface area contributed by atoms with Gasteiger partial charge >= 0.3 is 0 Å². The van der Waals surface area contributed by atoms with Crippen molar-refractivity contribution in [3.8, 4) is 6.07 Å². The molecule has 0 bridgehead atoms. The molecular weight excluding hydrogens is 214 g/mol. The number of nitriles is 1. The van der Waals surface area contributed by atoms with E-state index in [9.17, 15) is 0 Å². The Kier molecular flexibility index (Phi) is 4.03. The summed E-state index contributed by atoms with van der Waals surface area (Å²) in [6.45, 7) is 10.1. The molecule has 0 spiro atoms. The fraction of sp³-hybridized carbons (Fsp3) is 0.923. The van der Waals surface area contributed by atoms with E-state index < -0.39 is 0 Å². The third kappa shape index (κ3) is 2.98. The van der Waals surface area contributed by atoms with Crippen molar-refractivity contribution in [3.63, 3.8) is 0 Å². The van der Waals surface area contributed by atoms with Crippen molar-refractivity contribution in [2.24, 2.45) is 0 Å². The number of nitrogens with zero attached hydrogens (tertiary/aromatic N) is 3. The summed E-state index contributed by atoms with van der Waals surface area (Å²) < 4.78 is 5.40. The summed E-state index contributed by atoms with van der Waals surface area (Å²) in [5, 5.41) is 9.14. The molecule has 2 saturated heterocycles. The molecule has 0 aliphatic carbocycles. The lowest BCUT2D eigenvalue weighted by molar-refractivity contribution is 0.00209. The quantitative estimate of drug-likeness (QED) is 0.720. The van der Waals surface area contributed by atoms with Gasteiger partial charge in [-0.1, -0.05) is 0 Å². The topological polar surface area (TPSA) is 39.5 Å². The van der Waals surface area contributed by atoms with Crippen molar-refractivity contribution in [2.75, 3.05) is 39.4 Å². The van der Waals surface area contributed by atoms with Gasteiger partial charge in [0.05, 0.1) is 6.07 Å². The molecule has 2 rings (SSSR count). The fourth-order valence-electron chi connectivity index (χ4n) is 2.77. The van der Waals surface area contributed by atoms with Crippen molar-refractivity contribution < 1.29 is 4.74 Å². The van der Waals surface area contributed by atoms with Crippen LogP contribution in [0.3, 0.4) is 0 Å². The van der Waals surface area contributed by atoms with Gasteiger partial charge in [-0.05, 0) is 26.7 Å². The summed E-state index contributed by atoms with van der Waals surface area (Å²) in [6.07, 6.45) is 2.34. The number of piperazine rings is 1. The molecule has 4 nitrogen and oxygen atoms in total. The second-order valence-electron chi connectivity index (χ2n) is 5.54. The standard InChI is InChI=1S/C13H23N3O/c1-13(2,11-14)16-7-5-15(6-8-16)12-3-9-17-10-4-12/h12H,3-10H2,1-2H3. The Hall–Kier alpha value is -0.630. The SMILES string of the molecule is CC(C)(C#N)N1CCN(C2CCOCC2)CC1. The highest BCUT2D eigenvalue weighted by atomic mass is 16.5. The van der Waals surface area contributed by atoms with Crippen LogP contribution in [0.4, 0.5) is 0 Å². The Morgan fingerprint density at radius 3 is 2.24 bits per heavy atom. The first-order valence-electron chi connectivity index (χ1n) is 6.61. The molecule has 0 N–H and O–H groups in total. The van der Waals surface area contributed by atoms with Crippen LogP contribution in [-0.2, 0) is 4.74 Å². The Balaban J connectivity index is 1.83. The van der Waals surface area contributed by atoms with E-state index in [2.05, 4.69) is 15.9 Å². The van der Waals surface area contributed by atoms with Crippen molar-refractivity contribution in [1.29, 1.82) is 5.26 Å². The Labute approximate surface area is 104 Å². The van der Waals surface area contributed by atoms with E-state index in [0.29, 0.717) is 6.04 Å². The summed E-state index contributed by atoms with van der Waals surface area (Å²) in [5.41, 5.74) is -0.318. The molecule has 0 saturated carbocycles. The number of rotatable bonds is 2. The molecule has 0 aromatic heterocycles. The number of ether oxygens (including phenoxy) is 1. The normalized spacial score (nSPS) is 25.7. The number of hydrogen-bond acceptors (Lipinski definition) is 4. The lowest BCUT2D eigenvalue weighted by atomic mass is 10.0. The molecule has 0 unspecified atom stereocenters. The van der Waals surface area contributed by atoms with E-state index in [0.717, 1.165) is 39.4 Å². The van der Waals surface area contributed by atoms with Crippen molar-refractivity contribution in [1.82, 2.24) is 9.80 Å². The van der Waals surface area contributed by atoms with Crippen molar-refractivity contribution in [3.05, 3.63) is 0 Å². The lowest BCUT2D eigenvalue weighted by Gasteiger charge is -2.44. The largest absolute Gasteiger partial charge is 0.381 e. The number of hydrogen-bond donors (Lipinski definition) is 0. The maximum Gasteiger partial charge on any atom is 0.103 e. The Morgan fingerprint density at radius 1 is 1.12 bits per heavy atom. The zero-order valence-corrected chi connectivity index (χ0v) is 11.0. The summed E-state index contributed by atoms with van der Waals surface area (Å²) >= 11 is 0. The van der Waals surface area contributed by atoms with Gasteiger partial charge in [0.15, 0.2) is 0 Å². The first-order valence-corrected chi connectivity index (χ1v) is 6.61. The van der Waals surface area contributed by atoms with E-state index in [1.54, 1.807) is 0 Å². The van der Waals surface area contributed by atoms with Gasteiger partial charge in [-0.3, -0.25) is 9.80 Å². The molecule has 2 heterocycles. The van der Waals surface area contributed by atoms with Gasteiger partial charge in [-0.2, -0.15) is 5.26 Å². The highest BCUT2D eigenvalue weighted by molar-refractivity contribution is 5.03. The molecule has 17 heavy (non-hydrogen) atoms. The molecule has 2 aliphatic heterocycles. The molecular formula is C13H23N3O. The van der Waals surface area contributed by atoms with Gasteiger partial charge < -0.3 is 4.74 Å². The smallest absolute Gasteiger partial charge is 0.103 e. The van der Waals surface area contributed by atoms with Gasteiger partial charge in [-0.25, -0.2) is 0 Å². The minimum absolute atomic E-state index is 0.318. The first kappa shape index (κ1) is 12.8. The molecule has 0 radical (unpaired) electrons. The van der Waals surface area contributed by atoms with Crippen molar-refractivity contribution >= 4 is 0 Å². The second-order valence-corrected chi connectivity index (χ2v) is 5.54. The first-order chi connectivity index (χ1) is 8.13. The zero-order chi connectivity index (χ0) is 12.3. The molecule has 0 amide bonds. The van der Waals surface area contributed by atoms with Crippen LogP contribution in [0.5, 0.6) is 0 Å².